The van der Waals surface area contributed by atoms with E-state index in [0.29, 0.717) is 13.0 Å². The maximum absolute atomic E-state index is 12.1. The Morgan fingerprint density at radius 1 is 1.27 bits per heavy atom. The molecular formula is C16H25NO4S. The average molecular weight is 327 g/mol. The summed E-state index contributed by atoms with van der Waals surface area (Å²) in [7, 11) is -3.54. The van der Waals surface area contributed by atoms with Gasteiger partial charge in [0, 0.05) is 19.0 Å². The highest BCUT2D eigenvalue weighted by molar-refractivity contribution is 7.87. The van der Waals surface area contributed by atoms with E-state index in [2.05, 4.69) is 0 Å². The van der Waals surface area contributed by atoms with E-state index in [1.165, 1.54) is 6.92 Å². The lowest BCUT2D eigenvalue weighted by Crippen LogP contribution is -2.37. The Hall–Kier alpha value is -1.56. The number of amides is 1. The average Bonchev–Trinajstić information content (AvgIpc) is 2.51. The molecule has 1 aromatic rings. The zero-order valence-electron chi connectivity index (χ0n) is 13.7. The Kier molecular flexibility index (Phi) is 6.87. The molecule has 5 nitrogen and oxygen atoms in total. The van der Waals surface area contributed by atoms with Crippen LogP contribution >= 0.6 is 0 Å². The normalized spacial score (nSPS) is 12.7. The number of benzene rings is 1. The van der Waals surface area contributed by atoms with Gasteiger partial charge >= 0.3 is 10.1 Å². The third-order valence-electron chi connectivity index (χ3n) is 3.57. The first-order valence-corrected chi connectivity index (χ1v) is 9.21. The number of hydrogen-bond acceptors (Lipinski definition) is 4. The van der Waals surface area contributed by atoms with Crippen LogP contribution in [-0.4, -0.2) is 31.0 Å². The van der Waals surface area contributed by atoms with E-state index in [0.717, 1.165) is 12.0 Å². The Labute approximate surface area is 133 Å². The molecule has 0 fully saturated rings. The van der Waals surface area contributed by atoms with Gasteiger partial charge in [-0.15, -0.1) is 0 Å². The fourth-order valence-corrected chi connectivity index (χ4v) is 2.53. The van der Waals surface area contributed by atoms with Gasteiger partial charge in [0.25, 0.3) is 0 Å². The summed E-state index contributed by atoms with van der Waals surface area (Å²) in [5, 5.41) is 0. The van der Waals surface area contributed by atoms with Crippen molar-refractivity contribution in [2.75, 3.05) is 5.75 Å². The molecule has 1 atom stereocenters. The first kappa shape index (κ1) is 18.5. The quantitative estimate of drug-likeness (QED) is 0.689. The minimum Gasteiger partial charge on any atom is -0.382 e. The van der Waals surface area contributed by atoms with E-state index in [9.17, 15) is 13.2 Å². The Balaban J connectivity index is 2.94. The summed E-state index contributed by atoms with van der Waals surface area (Å²) in [6, 6.07) is 7.01. The van der Waals surface area contributed by atoms with Crippen LogP contribution in [0.2, 0.25) is 0 Å². The van der Waals surface area contributed by atoms with Crippen molar-refractivity contribution < 1.29 is 17.4 Å². The van der Waals surface area contributed by atoms with Gasteiger partial charge in [0.2, 0.25) is 5.91 Å². The van der Waals surface area contributed by atoms with Crippen molar-refractivity contribution >= 4 is 16.0 Å². The molecule has 0 radical (unpaired) electrons. The molecule has 0 heterocycles. The van der Waals surface area contributed by atoms with Crippen LogP contribution in [0.25, 0.3) is 0 Å². The molecule has 0 unspecified atom stereocenters. The highest BCUT2D eigenvalue weighted by atomic mass is 32.2. The third kappa shape index (κ3) is 5.33. The van der Waals surface area contributed by atoms with Crippen molar-refractivity contribution in [3.05, 3.63) is 29.8 Å². The van der Waals surface area contributed by atoms with Crippen molar-refractivity contribution in [3.8, 4) is 5.75 Å². The summed E-state index contributed by atoms with van der Waals surface area (Å²) in [5.41, 5.74) is 0.853. The lowest BCUT2D eigenvalue weighted by atomic mass is 10.1. The van der Waals surface area contributed by atoms with Gasteiger partial charge in [-0.05, 0) is 38.0 Å². The molecule has 0 aliphatic rings. The molecule has 0 aromatic heterocycles. The number of rotatable bonds is 8. The number of carbonyl (C=O) groups excluding carboxylic acids is 1. The van der Waals surface area contributed by atoms with Crippen molar-refractivity contribution in [2.24, 2.45) is 0 Å². The monoisotopic (exact) mass is 327 g/mol. The molecule has 0 spiro atoms. The fourth-order valence-electron chi connectivity index (χ4n) is 2.01. The number of nitrogens with zero attached hydrogens (tertiary/aromatic N) is 1. The Morgan fingerprint density at radius 2 is 1.95 bits per heavy atom. The fraction of sp³-hybridized carbons (Fsp3) is 0.562. The first-order valence-electron chi connectivity index (χ1n) is 7.63. The molecule has 1 rings (SSSR count). The van der Waals surface area contributed by atoms with Crippen LogP contribution in [0.4, 0.5) is 0 Å². The molecule has 0 N–H and O–H groups in total. The van der Waals surface area contributed by atoms with Crippen LogP contribution in [0, 0.1) is 0 Å². The SMILES string of the molecule is CCC(=O)N(Cc1cccc(OS(=O)(=O)CC)c1)[C@H](C)CC. The molecule has 6 heteroatoms. The summed E-state index contributed by atoms with van der Waals surface area (Å²) in [6.45, 7) is 7.86. The molecule has 0 bridgehead atoms. The van der Waals surface area contributed by atoms with Crippen LogP contribution in [0.1, 0.15) is 46.1 Å². The van der Waals surface area contributed by atoms with Gasteiger partial charge < -0.3 is 9.08 Å². The summed E-state index contributed by atoms with van der Waals surface area (Å²) >= 11 is 0. The Bertz CT molecular complexity index is 598. The minimum absolute atomic E-state index is 0.0788. The number of carbonyl (C=O) groups is 1. The maximum Gasteiger partial charge on any atom is 0.308 e. The van der Waals surface area contributed by atoms with Crippen LogP contribution < -0.4 is 4.18 Å². The van der Waals surface area contributed by atoms with Crippen molar-refractivity contribution in [1.82, 2.24) is 4.90 Å². The molecule has 1 amide bonds. The van der Waals surface area contributed by atoms with E-state index in [-0.39, 0.29) is 23.5 Å². The summed E-state index contributed by atoms with van der Waals surface area (Å²) in [6.07, 6.45) is 1.32. The van der Waals surface area contributed by atoms with E-state index in [1.54, 1.807) is 18.2 Å². The van der Waals surface area contributed by atoms with E-state index >= 15 is 0 Å². The zero-order chi connectivity index (χ0) is 16.8. The predicted octanol–water partition coefficient (Wildman–Crippen LogP) is 2.95. The predicted molar refractivity (Wildman–Crippen MR) is 87.1 cm³/mol. The van der Waals surface area contributed by atoms with Gasteiger partial charge in [-0.25, -0.2) is 0 Å². The van der Waals surface area contributed by atoms with Crippen molar-refractivity contribution in [3.63, 3.8) is 0 Å². The topological polar surface area (TPSA) is 63.7 Å². The second-order valence-corrected chi connectivity index (χ2v) is 7.07. The smallest absolute Gasteiger partial charge is 0.308 e. The van der Waals surface area contributed by atoms with E-state index in [1.807, 2.05) is 31.7 Å². The minimum atomic E-state index is -3.54. The van der Waals surface area contributed by atoms with Gasteiger partial charge in [0.1, 0.15) is 5.75 Å². The second kappa shape index (κ2) is 8.17. The molecule has 1 aromatic carbocycles. The first-order chi connectivity index (χ1) is 10.3. The van der Waals surface area contributed by atoms with Crippen molar-refractivity contribution in [2.45, 2.75) is 53.1 Å². The molecule has 0 saturated heterocycles. The zero-order valence-corrected chi connectivity index (χ0v) is 14.5. The van der Waals surface area contributed by atoms with Gasteiger partial charge in [0.15, 0.2) is 0 Å². The van der Waals surface area contributed by atoms with E-state index in [4.69, 9.17) is 4.18 Å². The highest BCUT2D eigenvalue weighted by Crippen LogP contribution is 2.19. The van der Waals surface area contributed by atoms with Crippen molar-refractivity contribution in [1.29, 1.82) is 0 Å². The third-order valence-corrected chi connectivity index (χ3v) is 4.73. The van der Waals surface area contributed by atoms with Gasteiger partial charge in [-0.3, -0.25) is 4.79 Å². The molecular weight excluding hydrogens is 302 g/mol. The largest absolute Gasteiger partial charge is 0.382 e. The molecule has 22 heavy (non-hydrogen) atoms. The summed E-state index contributed by atoms with van der Waals surface area (Å²) < 4.78 is 28.1. The summed E-state index contributed by atoms with van der Waals surface area (Å²) in [5.74, 6) is 0.291. The second-order valence-electron chi connectivity index (χ2n) is 5.21. The highest BCUT2D eigenvalue weighted by Gasteiger charge is 2.18. The van der Waals surface area contributed by atoms with E-state index < -0.39 is 10.1 Å². The van der Waals surface area contributed by atoms with Gasteiger partial charge in [-0.1, -0.05) is 26.0 Å². The van der Waals surface area contributed by atoms with Gasteiger partial charge in [-0.2, -0.15) is 8.42 Å². The van der Waals surface area contributed by atoms with Crippen LogP contribution in [0.3, 0.4) is 0 Å². The maximum atomic E-state index is 12.1. The molecule has 0 aliphatic carbocycles. The van der Waals surface area contributed by atoms with Gasteiger partial charge in [0.05, 0.1) is 5.75 Å². The standard InChI is InChI=1S/C16H25NO4S/c1-5-13(4)17(16(18)6-2)12-14-9-8-10-15(11-14)21-22(19,20)7-3/h8-11,13H,5-7,12H2,1-4H3/t13-/m1/s1. The lowest BCUT2D eigenvalue weighted by molar-refractivity contribution is -0.133. The number of hydrogen-bond donors (Lipinski definition) is 0. The Morgan fingerprint density at radius 3 is 2.50 bits per heavy atom. The summed E-state index contributed by atoms with van der Waals surface area (Å²) in [4.78, 5) is 13.9. The molecule has 0 saturated carbocycles. The lowest BCUT2D eigenvalue weighted by Gasteiger charge is -2.28. The van der Waals surface area contributed by atoms with Crippen LogP contribution in [0.15, 0.2) is 24.3 Å². The van der Waals surface area contributed by atoms with Crippen LogP contribution in [0.5, 0.6) is 5.75 Å². The molecule has 0 aliphatic heterocycles. The molecule has 124 valence electrons. The van der Waals surface area contributed by atoms with Crippen LogP contribution in [-0.2, 0) is 21.5 Å².